The summed E-state index contributed by atoms with van der Waals surface area (Å²) in [6, 6.07) is 1.56. The minimum atomic E-state index is 0.745. The van der Waals surface area contributed by atoms with E-state index in [0.29, 0.717) is 0 Å². The Hall–Kier alpha value is -0.0800. The van der Waals surface area contributed by atoms with Gasteiger partial charge in [0.2, 0.25) is 0 Å². The molecule has 0 spiro atoms. The summed E-state index contributed by atoms with van der Waals surface area (Å²) in [4.78, 5) is 2.65. The van der Waals surface area contributed by atoms with Crippen molar-refractivity contribution in [2.75, 3.05) is 20.1 Å². The summed E-state index contributed by atoms with van der Waals surface area (Å²) < 4.78 is 0. The van der Waals surface area contributed by atoms with Crippen molar-refractivity contribution in [3.05, 3.63) is 0 Å². The minimum absolute atomic E-state index is 0.745. The number of piperidine rings is 1. The van der Waals surface area contributed by atoms with E-state index >= 15 is 0 Å². The summed E-state index contributed by atoms with van der Waals surface area (Å²) in [7, 11) is 2.35. The van der Waals surface area contributed by atoms with E-state index < -0.39 is 0 Å². The van der Waals surface area contributed by atoms with Gasteiger partial charge in [-0.15, -0.1) is 0 Å². The van der Waals surface area contributed by atoms with Crippen LogP contribution >= 0.6 is 0 Å². The van der Waals surface area contributed by atoms with Crippen molar-refractivity contribution in [3.63, 3.8) is 0 Å². The maximum atomic E-state index is 3.68. The van der Waals surface area contributed by atoms with Crippen LogP contribution in [0.25, 0.3) is 0 Å². The summed E-state index contributed by atoms with van der Waals surface area (Å²) >= 11 is 0. The Bertz CT molecular complexity index is 213. The summed E-state index contributed by atoms with van der Waals surface area (Å²) in [5.41, 5.74) is 0. The predicted octanol–water partition coefficient (Wildman–Crippen LogP) is 2.89. The number of rotatable bonds is 3. The molecule has 100 valence electrons. The van der Waals surface area contributed by atoms with E-state index in [2.05, 4.69) is 31.1 Å². The fraction of sp³-hybridized carbons (Fsp3) is 1.00. The Kier molecular flexibility index (Phi) is 4.87. The Labute approximate surface area is 107 Å². The number of hydrogen-bond donors (Lipinski definition) is 1. The highest BCUT2D eigenvalue weighted by Crippen LogP contribution is 2.32. The lowest BCUT2D eigenvalue weighted by Gasteiger charge is -2.42. The van der Waals surface area contributed by atoms with Crippen LogP contribution in [-0.4, -0.2) is 37.1 Å². The first-order valence-electron chi connectivity index (χ1n) is 7.62. The van der Waals surface area contributed by atoms with Gasteiger partial charge in [-0.2, -0.15) is 0 Å². The Morgan fingerprint density at radius 1 is 1.00 bits per heavy atom. The molecule has 2 heteroatoms. The maximum Gasteiger partial charge on any atom is 0.0195 e. The molecule has 1 heterocycles. The zero-order valence-corrected chi connectivity index (χ0v) is 11.9. The molecule has 1 aliphatic carbocycles. The third-order valence-corrected chi connectivity index (χ3v) is 4.91. The van der Waals surface area contributed by atoms with E-state index in [4.69, 9.17) is 0 Å². The normalized spacial score (nSPS) is 39.5. The van der Waals surface area contributed by atoms with E-state index in [9.17, 15) is 0 Å². The Morgan fingerprint density at radius 2 is 1.71 bits per heavy atom. The summed E-state index contributed by atoms with van der Waals surface area (Å²) in [5.74, 6) is 1.76. The molecule has 2 fully saturated rings. The van der Waals surface area contributed by atoms with Gasteiger partial charge in [-0.1, -0.05) is 26.7 Å². The fourth-order valence-electron chi connectivity index (χ4n) is 4.08. The summed E-state index contributed by atoms with van der Waals surface area (Å²) in [5, 5.41) is 3.68. The summed E-state index contributed by atoms with van der Waals surface area (Å²) in [6.45, 7) is 7.38. The first-order chi connectivity index (χ1) is 8.18. The molecule has 3 unspecified atom stereocenters. The number of nitrogens with one attached hydrogen (secondary N) is 1. The van der Waals surface area contributed by atoms with Gasteiger partial charge in [0.1, 0.15) is 0 Å². The smallest absolute Gasteiger partial charge is 0.0195 e. The van der Waals surface area contributed by atoms with Crippen molar-refractivity contribution in [2.24, 2.45) is 11.8 Å². The molecule has 0 aromatic carbocycles. The average Bonchev–Trinajstić information content (AvgIpc) is 2.30. The SMILES string of the molecule is CC1CCCC(C)C1N(C)CC1CCCCN1. The highest BCUT2D eigenvalue weighted by Gasteiger charge is 2.31. The Balaban J connectivity index is 1.86. The van der Waals surface area contributed by atoms with Gasteiger partial charge in [-0.25, -0.2) is 0 Å². The van der Waals surface area contributed by atoms with Crippen LogP contribution in [0.15, 0.2) is 0 Å². The topological polar surface area (TPSA) is 15.3 Å². The first-order valence-corrected chi connectivity index (χ1v) is 7.62. The molecule has 2 aliphatic rings. The molecule has 0 amide bonds. The highest BCUT2D eigenvalue weighted by atomic mass is 15.2. The molecule has 1 saturated heterocycles. The standard InChI is InChI=1S/C15H30N2/c1-12-7-6-8-13(2)15(12)17(3)11-14-9-4-5-10-16-14/h12-16H,4-11H2,1-3H3. The zero-order chi connectivity index (χ0) is 12.3. The largest absolute Gasteiger partial charge is 0.313 e. The molecule has 2 nitrogen and oxygen atoms in total. The second-order valence-electron chi connectivity index (χ2n) is 6.46. The van der Waals surface area contributed by atoms with Gasteiger partial charge < -0.3 is 10.2 Å². The van der Waals surface area contributed by atoms with E-state index in [1.54, 1.807) is 0 Å². The van der Waals surface area contributed by atoms with Crippen LogP contribution in [0.1, 0.15) is 52.4 Å². The van der Waals surface area contributed by atoms with Crippen molar-refractivity contribution in [1.29, 1.82) is 0 Å². The van der Waals surface area contributed by atoms with Gasteiger partial charge in [0.05, 0.1) is 0 Å². The lowest BCUT2D eigenvalue weighted by molar-refractivity contribution is 0.0801. The van der Waals surface area contributed by atoms with Crippen LogP contribution in [0, 0.1) is 11.8 Å². The van der Waals surface area contributed by atoms with Gasteiger partial charge in [0, 0.05) is 18.6 Å². The van der Waals surface area contributed by atoms with E-state index in [-0.39, 0.29) is 0 Å². The highest BCUT2D eigenvalue weighted by molar-refractivity contribution is 4.86. The number of likely N-dealkylation sites (N-methyl/N-ethyl adjacent to an activating group) is 1. The molecule has 0 aromatic heterocycles. The van der Waals surface area contributed by atoms with Crippen LogP contribution in [-0.2, 0) is 0 Å². The van der Waals surface area contributed by atoms with Crippen LogP contribution in [0.5, 0.6) is 0 Å². The molecular formula is C15H30N2. The fourth-order valence-corrected chi connectivity index (χ4v) is 4.08. The molecule has 1 saturated carbocycles. The van der Waals surface area contributed by atoms with E-state index in [0.717, 1.165) is 23.9 Å². The molecule has 2 rings (SSSR count). The van der Waals surface area contributed by atoms with E-state index in [1.165, 1.54) is 51.6 Å². The molecule has 17 heavy (non-hydrogen) atoms. The van der Waals surface area contributed by atoms with Crippen LogP contribution in [0.3, 0.4) is 0 Å². The second kappa shape index (κ2) is 6.19. The molecule has 0 radical (unpaired) electrons. The maximum absolute atomic E-state index is 3.68. The Morgan fingerprint density at radius 3 is 2.29 bits per heavy atom. The summed E-state index contributed by atoms with van der Waals surface area (Å²) in [6.07, 6.45) is 8.46. The van der Waals surface area contributed by atoms with Crippen LogP contribution < -0.4 is 5.32 Å². The van der Waals surface area contributed by atoms with Gasteiger partial charge in [0.15, 0.2) is 0 Å². The molecule has 0 bridgehead atoms. The molecule has 1 N–H and O–H groups in total. The molecule has 0 aromatic rings. The lowest BCUT2D eigenvalue weighted by atomic mass is 9.78. The lowest BCUT2D eigenvalue weighted by Crippen LogP contribution is -2.50. The molecule has 1 aliphatic heterocycles. The monoisotopic (exact) mass is 238 g/mol. The number of nitrogens with zero attached hydrogens (tertiary/aromatic N) is 1. The third-order valence-electron chi connectivity index (χ3n) is 4.91. The molecular weight excluding hydrogens is 208 g/mol. The van der Waals surface area contributed by atoms with Crippen molar-refractivity contribution in [2.45, 2.75) is 64.5 Å². The van der Waals surface area contributed by atoms with Gasteiger partial charge in [-0.05, 0) is 51.1 Å². The number of hydrogen-bond acceptors (Lipinski definition) is 2. The zero-order valence-electron chi connectivity index (χ0n) is 11.9. The van der Waals surface area contributed by atoms with Crippen molar-refractivity contribution in [1.82, 2.24) is 10.2 Å². The predicted molar refractivity (Wildman–Crippen MR) is 74.2 cm³/mol. The van der Waals surface area contributed by atoms with E-state index in [1.807, 2.05) is 0 Å². The van der Waals surface area contributed by atoms with Gasteiger partial charge >= 0.3 is 0 Å². The van der Waals surface area contributed by atoms with Crippen LogP contribution in [0.4, 0.5) is 0 Å². The average molecular weight is 238 g/mol. The quantitative estimate of drug-likeness (QED) is 0.813. The minimum Gasteiger partial charge on any atom is -0.313 e. The van der Waals surface area contributed by atoms with Crippen LogP contribution in [0.2, 0.25) is 0 Å². The van der Waals surface area contributed by atoms with Crippen molar-refractivity contribution < 1.29 is 0 Å². The van der Waals surface area contributed by atoms with Crippen molar-refractivity contribution in [3.8, 4) is 0 Å². The second-order valence-corrected chi connectivity index (χ2v) is 6.46. The van der Waals surface area contributed by atoms with Crippen molar-refractivity contribution >= 4 is 0 Å². The molecule has 3 atom stereocenters. The third kappa shape index (κ3) is 3.45. The van der Waals surface area contributed by atoms with Gasteiger partial charge in [-0.3, -0.25) is 0 Å². The van der Waals surface area contributed by atoms with Gasteiger partial charge in [0.25, 0.3) is 0 Å². The first kappa shape index (κ1) is 13.4.